The lowest BCUT2D eigenvalue weighted by Gasteiger charge is -2.20. The molecule has 0 bridgehead atoms. The molecule has 2 rings (SSSR count). The Hall–Kier alpha value is -1.84. The molecule has 1 aliphatic rings. The van der Waals surface area contributed by atoms with Gasteiger partial charge in [-0.3, -0.25) is 9.59 Å². The van der Waals surface area contributed by atoms with Crippen molar-refractivity contribution in [3.8, 4) is 0 Å². The summed E-state index contributed by atoms with van der Waals surface area (Å²) in [6, 6.07) is 6.23. The minimum atomic E-state index is -0.0365. The third kappa shape index (κ3) is 3.59. The predicted molar refractivity (Wildman–Crippen MR) is 79.6 cm³/mol. The number of anilines is 1. The van der Waals surface area contributed by atoms with E-state index in [1.165, 1.54) is 0 Å². The van der Waals surface area contributed by atoms with E-state index in [0.717, 1.165) is 29.7 Å². The number of amides is 2. The summed E-state index contributed by atoms with van der Waals surface area (Å²) in [5, 5.41) is 2.93. The van der Waals surface area contributed by atoms with Crippen LogP contribution in [0.4, 0.5) is 5.69 Å². The molecule has 0 unspecified atom stereocenters. The van der Waals surface area contributed by atoms with E-state index in [4.69, 9.17) is 0 Å². The summed E-state index contributed by atoms with van der Waals surface area (Å²) >= 11 is 0. The van der Waals surface area contributed by atoms with Gasteiger partial charge in [0.25, 0.3) is 0 Å². The fourth-order valence-electron chi connectivity index (χ4n) is 2.30. The van der Waals surface area contributed by atoms with Crippen molar-refractivity contribution in [2.45, 2.75) is 46.1 Å². The quantitative estimate of drug-likeness (QED) is 0.897. The first-order valence-corrected chi connectivity index (χ1v) is 7.12. The minimum absolute atomic E-state index is 0.0365. The normalized spacial score (nSPS) is 13.9. The Morgan fingerprint density at radius 3 is 2.60 bits per heavy atom. The molecule has 0 heterocycles. The number of aryl methyl sites for hydroxylation is 1. The summed E-state index contributed by atoms with van der Waals surface area (Å²) in [5.74, 6) is 0.0256. The van der Waals surface area contributed by atoms with Crippen LogP contribution in [0.15, 0.2) is 18.2 Å². The number of carbonyl (C=O) groups is 2. The van der Waals surface area contributed by atoms with Gasteiger partial charge < -0.3 is 10.2 Å². The molecule has 1 fully saturated rings. The van der Waals surface area contributed by atoms with Crippen LogP contribution >= 0.6 is 0 Å². The molecular weight excluding hydrogens is 252 g/mol. The Balaban J connectivity index is 1.89. The third-order valence-corrected chi connectivity index (χ3v) is 3.85. The molecule has 1 N–H and O–H groups in total. The van der Waals surface area contributed by atoms with Crippen molar-refractivity contribution in [2.75, 3.05) is 11.9 Å². The summed E-state index contributed by atoms with van der Waals surface area (Å²) in [4.78, 5) is 25.3. The van der Waals surface area contributed by atoms with Gasteiger partial charge in [0, 0.05) is 31.6 Å². The van der Waals surface area contributed by atoms with Crippen LogP contribution in [-0.2, 0) is 9.59 Å². The second-order valence-corrected chi connectivity index (χ2v) is 5.49. The molecule has 108 valence electrons. The molecule has 0 spiro atoms. The highest BCUT2D eigenvalue weighted by Gasteiger charge is 2.30. The van der Waals surface area contributed by atoms with Crippen LogP contribution in [0, 0.1) is 13.8 Å². The topological polar surface area (TPSA) is 49.4 Å². The summed E-state index contributed by atoms with van der Waals surface area (Å²) in [5.41, 5.74) is 3.11. The van der Waals surface area contributed by atoms with Crippen molar-refractivity contribution >= 4 is 17.5 Å². The van der Waals surface area contributed by atoms with Gasteiger partial charge in [0.1, 0.15) is 0 Å². The Bertz CT molecular complexity index is 521. The molecule has 1 aliphatic carbocycles. The van der Waals surface area contributed by atoms with Gasteiger partial charge in [-0.15, -0.1) is 0 Å². The van der Waals surface area contributed by atoms with Gasteiger partial charge in [-0.25, -0.2) is 0 Å². The van der Waals surface area contributed by atoms with Gasteiger partial charge in [0.2, 0.25) is 11.8 Å². The SMILES string of the molecule is CC(=O)N(CCC(=O)Nc1cccc(C)c1C)C1CC1. The van der Waals surface area contributed by atoms with Crippen molar-refractivity contribution in [1.29, 1.82) is 0 Å². The Labute approximate surface area is 120 Å². The summed E-state index contributed by atoms with van der Waals surface area (Å²) < 4.78 is 0. The van der Waals surface area contributed by atoms with E-state index in [0.29, 0.717) is 19.0 Å². The van der Waals surface area contributed by atoms with Crippen LogP contribution in [-0.4, -0.2) is 29.3 Å². The fraction of sp³-hybridized carbons (Fsp3) is 0.500. The summed E-state index contributed by atoms with van der Waals surface area (Å²) in [6.07, 6.45) is 2.49. The summed E-state index contributed by atoms with van der Waals surface area (Å²) in [6.45, 7) is 6.10. The molecule has 4 nitrogen and oxygen atoms in total. The van der Waals surface area contributed by atoms with Crippen LogP contribution in [0.2, 0.25) is 0 Å². The molecule has 0 aliphatic heterocycles. The molecule has 0 aromatic heterocycles. The lowest BCUT2D eigenvalue weighted by atomic mass is 10.1. The van der Waals surface area contributed by atoms with Gasteiger partial charge in [0.05, 0.1) is 0 Å². The smallest absolute Gasteiger partial charge is 0.226 e. The molecule has 0 radical (unpaired) electrons. The van der Waals surface area contributed by atoms with Crippen LogP contribution in [0.5, 0.6) is 0 Å². The van der Waals surface area contributed by atoms with Gasteiger partial charge in [-0.2, -0.15) is 0 Å². The molecule has 1 aromatic rings. The number of benzene rings is 1. The molecule has 1 aromatic carbocycles. The first-order valence-electron chi connectivity index (χ1n) is 7.12. The first kappa shape index (κ1) is 14.6. The molecule has 0 saturated heterocycles. The highest BCUT2D eigenvalue weighted by molar-refractivity contribution is 5.92. The van der Waals surface area contributed by atoms with E-state index >= 15 is 0 Å². The average molecular weight is 274 g/mol. The van der Waals surface area contributed by atoms with Gasteiger partial charge >= 0.3 is 0 Å². The van der Waals surface area contributed by atoms with Crippen molar-refractivity contribution in [2.24, 2.45) is 0 Å². The molecular formula is C16H22N2O2. The zero-order valence-corrected chi connectivity index (χ0v) is 12.4. The van der Waals surface area contributed by atoms with Gasteiger partial charge in [-0.05, 0) is 43.9 Å². The second kappa shape index (κ2) is 6.07. The monoisotopic (exact) mass is 274 g/mol. The Kier molecular flexibility index (Phi) is 4.42. The number of nitrogens with one attached hydrogen (secondary N) is 1. The molecule has 1 saturated carbocycles. The number of hydrogen-bond donors (Lipinski definition) is 1. The lowest BCUT2D eigenvalue weighted by molar-refractivity contribution is -0.129. The molecule has 20 heavy (non-hydrogen) atoms. The van der Waals surface area contributed by atoms with Crippen molar-refractivity contribution in [1.82, 2.24) is 4.90 Å². The van der Waals surface area contributed by atoms with Crippen LogP contribution < -0.4 is 5.32 Å². The Morgan fingerprint density at radius 2 is 2.00 bits per heavy atom. The maximum atomic E-state index is 12.0. The number of rotatable bonds is 5. The standard InChI is InChI=1S/C16H22N2O2/c1-11-5-4-6-15(12(11)2)17-16(20)9-10-18(13(3)19)14-7-8-14/h4-6,14H,7-10H2,1-3H3,(H,17,20). The minimum Gasteiger partial charge on any atom is -0.339 e. The summed E-state index contributed by atoms with van der Waals surface area (Å²) in [7, 11) is 0. The van der Waals surface area contributed by atoms with E-state index < -0.39 is 0 Å². The largest absolute Gasteiger partial charge is 0.339 e. The first-order chi connectivity index (χ1) is 9.49. The van der Waals surface area contributed by atoms with Gasteiger partial charge in [0.15, 0.2) is 0 Å². The fourth-order valence-corrected chi connectivity index (χ4v) is 2.30. The number of hydrogen-bond acceptors (Lipinski definition) is 2. The van der Waals surface area contributed by atoms with Crippen molar-refractivity contribution < 1.29 is 9.59 Å². The van der Waals surface area contributed by atoms with Crippen LogP contribution in [0.25, 0.3) is 0 Å². The average Bonchev–Trinajstić information content (AvgIpc) is 3.19. The van der Waals surface area contributed by atoms with E-state index in [-0.39, 0.29) is 11.8 Å². The maximum Gasteiger partial charge on any atom is 0.226 e. The third-order valence-electron chi connectivity index (χ3n) is 3.85. The molecule has 4 heteroatoms. The molecule has 0 atom stereocenters. The highest BCUT2D eigenvalue weighted by Crippen LogP contribution is 2.27. The Morgan fingerprint density at radius 1 is 1.30 bits per heavy atom. The van der Waals surface area contributed by atoms with E-state index in [2.05, 4.69) is 5.32 Å². The molecule has 2 amide bonds. The number of carbonyl (C=O) groups excluding carboxylic acids is 2. The predicted octanol–water partition coefficient (Wildman–Crippen LogP) is 2.64. The van der Waals surface area contributed by atoms with Gasteiger partial charge in [-0.1, -0.05) is 12.1 Å². The van der Waals surface area contributed by atoms with E-state index in [9.17, 15) is 9.59 Å². The van der Waals surface area contributed by atoms with Crippen molar-refractivity contribution in [3.05, 3.63) is 29.3 Å². The van der Waals surface area contributed by atoms with E-state index in [1.807, 2.05) is 36.9 Å². The maximum absolute atomic E-state index is 12.0. The van der Waals surface area contributed by atoms with Crippen LogP contribution in [0.1, 0.15) is 37.3 Å². The van der Waals surface area contributed by atoms with Crippen molar-refractivity contribution in [3.63, 3.8) is 0 Å². The van der Waals surface area contributed by atoms with E-state index in [1.54, 1.807) is 6.92 Å². The second-order valence-electron chi connectivity index (χ2n) is 5.49. The lowest BCUT2D eigenvalue weighted by Crippen LogP contribution is -2.33. The zero-order valence-electron chi connectivity index (χ0n) is 12.4. The number of nitrogens with zero attached hydrogens (tertiary/aromatic N) is 1. The van der Waals surface area contributed by atoms with Crippen LogP contribution in [0.3, 0.4) is 0 Å². The highest BCUT2D eigenvalue weighted by atomic mass is 16.2. The zero-order chi connectivity index (χ0) is 14.7.